The van der Waals surface area contributed by atoms with E-state index >= 15 is 0 Å². The van der Waals surface area contributed by atoms with Gasteiger partial charge in [-0.2, -0.15) is 0 Å². The highest BCUT2D eigenvalue weighted by molar-refractivity contribution is 4.84. The van der Waals surface area contributed by atoms with Crippen LogP contribution in [0.1, 0.15) is 33.1 Å². The predicted octanol–water partition coefficient (Wildman–Crippen LogP) is 1.98. The number of methoxy groups -OCH3 is 1. The number of hydrogen-bond acceptors (Lipinski definition) is 3. The fourth-order valence-electron chi connectivity index (χ4n) is 3.07. The summed E-state index contributed by atoms with van der Waals surface area (Å²) >= 11 is 0. The van der Waals surface area contributed by atoms with Crippen LogP contribution in [-0.4, -0.2) is 51.3 Å². The molecule has 0 spiro atoms. The van der Waals surface area contributed by atoms with Crippen molar-refractivity contribution in [1.82, 2.24) is 10.2 Å². The quantitative estimate of drug-likeness (QED) is 0.771. The molecule has 4 atom stereocenters. The summed E-state index contributed by atoms with van der Waals surface area (Å²) in [6, 6.07) is 0.700. The summed E-state index contributed by atoms with van der Waals surface area (Å²) in [5.41, 5.74) is 0. The third kappa shape index (κ3) is 4.94. The zero-order valence-corrected chi connectivity index (χ0v) is 12.2. The SMILES string of the molecule is CNC1CCC(C)CC1CN(C)CC(C)OC. The minimum Gasteiger partial charge on any atom is -0.380 e. The van der Waals surface area contributed by atoms with Crippen molar-refractivity contribution in [2.45, 2.75) is 45.3 Å². The van der Waals surface area contributed by atoms with Crippen LogP contribution in [0.2, 0.25) is 0 Å². The van der Waals surface area contributed by atoms with Gasteiger partial charge >= 0.3 is 0 Å². The first-order chi connectivity index (χ1) is 8.06. The molecule has 1 saturated carbocycles. The first-order valence-electron chi connectivity index (χ1n) is 6.95. The molecular formula is C14H30N2O. The van der Waals surface area contributed by atoms with Crippen molar-refractivity contribution in [3.05, 3.63) is 0 Å². The first kappa shape index (κ1) is 14.9. The Hall–Kier alpha value is -0.120. The van der Waals surface area contributed by atoms with E-state index < -0.39 is 0 Å². The van der Waals surface area contributed by atoms with Gasteiger partial charge in [-0.3, -0.25) is 0 Å². The average Bonchev–Trinajstić information content (AvgIpc) is 2.29. The predicted molar refractivity (Wildman–Crippen MR) is 73.3 cm³/mol. The Bertz CT molecular complexity index is 210. The van der Waals surface area contributed by atoms with Crippen molar-refractivity contribution in [3.63, 3.8) is 0 Å². The van der Waals surface area contributed by atoms with Crippen LogP contribution in [0, 0.1) is 11.8 Å². The summed E-state index contributed by atoms with van der Waals surface area (Å²) in [6.07, 6.45) is 4.39. The van der Waals surface area contributed by atoms with Gasteiger partial charge in [0.2, 0.25) is 0 Å². The molecule has 1 aliphatic rings. The van der Waals surface area contributed by atoms with Crippen LogP contribution in [-0.2, 0) is 4.74 Å². The lowest BCUT2D eigenvalue weighted by Crippen LogP contribution is -2.44. The highest BCUT2D eigenvalue weighted by atomic mass is 16.5. The van der Waals surface area contributed by atoms with Crippen molar-refractivity contribution < 1.29 is 4.74 Å². The van der Waals surface area contributed by atoms with Gasteiger partial charge < -0.3 is 15.0 Å². The lowest BCUT2D eigenvalue weighted by atomic mass is 9.78. The van der Waals surface area contributed by atoms with E-state index in [4.69, 9.17) is 4.74 Å². The maximum absolute atomic E-state index is 5.33. The number of ether oxygens (including phenoxy) is 1. The molecule has 3 nitrogen and oxygen atoms in total. The van der Waals surface area contributed by atoms with Gasteiger partial charge in [-0.05, 0) is 52.1 Å². The molecule has 1 aliphatic carbocycles. The second-order valence-corrected chi connectivity index (χ2v) is 5.84. The Morgan fingerprint density at radius 1 is 1.41 bits per heavy atom. The number of hydrogen-bond donors (Lipinski definition) is 1. The Morgan fingerprint density at radius 3 is 2.71 bits per heavy atom. The molecule has 0 aromatic heterocycles. The van der Waals surface area contributed by atoms with E-state index in [1.165, 1.54) is 25.8 Å². The van der Waals surface area contributed by atoms with E-state index in [9.17, 15) is 0 Å². The van der Waals surface area contributed by atoms with E-state index in [1.54, 1.807) is 7.11 Å². The van der Waals surface area contributed by atoms with Crippen LogP contribution in [0.4, 0.5) is 0 Å². The molecule has 17 heavy (non-hydrogen) atoms. The second kappa shape index (κ2) is 7.34. The average molecular weight is 242 g/mol. The molecule has 1 rings (SSSR count). The summed E-state index contributed by atoms with van der Waals surface area (Å²) in [5.74, 6) is 1.68. The second-order valence-electron chi connectivity index (χ2n) is 5.84. The topological polar surface area (TPSA) is 24.5 Å². The molecule has 102 valence electrons. The van der Waals surface area contributed by atoms with Gasteiger partial charge in [-0.15, -0.1) is 0 Å². The molecule has 3 heteroatoms. The van der Waals surface area contributed by atoms with Crippen molar-refractivity contribution in [2.75, 3.05) is 34.3 Å². The molecule has 0 saturated heterocycles. The van der Waals surface area contributed by atoms with Gasteiger partial charge in [0.05, 0.1) is 6.10 Å². The third-order valence-electron chi connectivity index (χ3n) is 4.13. The number of likely N-dealkylation sites (N-methyl/N-ethyl adjacent to an activating group) is 1. The van der Waals surface area contributed by atoms with Crippen LogP contribution in [0.15, 0.2) is 0 Å². The molecule has 0 aromatic rings. The monoisotopic (exact) mass is 242 g/mol. The number of rotatable bonds is 6. The van der Waals surface area contributed by atoms with Crippen LogP contribution in [0.25, 0.3) is 0 Å². The van der Waals surface area contributed by atoms with E-state index in [1.807, 2.05) is 0 Å². The third-order valence-corrected chi connectivity index (χ3v) is 4.13. The van der Waals surface area contributed by atoms with Crippen LogP contribution in [0.3, 0.4) is 0 Å². The zero-order chi connectivity index (χ0) is 12.8. The molecule has 0 heterocycles. The molecule has 0 radical (unpaired) electrons. The van der Waals surface area contributed by atoms with Crippen LogP contribution < -0.4 is 5.32 Å². The Balaban J connectivity index is 2.40. The molecule has 0 aliphatic heterocycles. The van der Waals surface area contributed by atoms with E-state index in [-0.39, 0.29) is 0 Å². The highest BCUT2D eigenvalue weighted by Gasteiger charge is 2.28. The van der Waals surface area contributed by atoms with Crippen molar-refractivity contribution >= 4 is 0 Å². The first-order valence-corrected chi connectivity index (χ1v) is 6.95. The summed E-state index contributed by atoms with van der Waals surface area (Å²) in [6.45, 7) is 6.73. The summed E-state index contributed by atoms with van der Waals surface area (Å²) in [5, 5.41) is 3.49. The van der Waals surface area contributed by atoms with E-state index in [0.29, 0.717) is 12.1 Å². The van der Waals surface area contributed by atoms with Gasteiger partial charge in [0.25, 0.3) is 0 Å². The summed E-state index contributed by atoms with van der Waals surface area (Å²) in [4.78, 5) is 2.42. The molecule has 0 bridgehead atoms. The Kier molecular flexibility index (Phi) is 6.45. The smallest absolute Gasteiger partial charge is 0.0669 e. The van der Waals surface area contributed by atoms with Gasteiger partial charge in [0, 0.05) is 26.2 Å². The van der Waals surface area contributed by atoms with Crippen molar-refractivity contribution in [3.8, 4) is 0 Å². The van der Waals surface area contributed by atoms with Crippen LogP contribution >= 0.6 is 0 Å². The highest BCUT2D eigenvalue weighted by Crippen LogP contribution is 2.29. The van der Waals surface area contributed by atoms with Gasteiger partial charge in [-0.25, -0.2) is 0 Å². The van der Waals surface area contributed by atoms with Crippen molar-refractivity contribution in [1.29, 1.82) is 0 Å². The maximum atomic E-state index is 5.33. The fourth-order valence-corrected chi connectivity index (χ4v) is 3.07. The zero-order valence-electron chi connectivity index (χ0n) is 12.2. The largest absolute Gasteiger partial charge is 0.380 e. The molecule has 1 fully saturated rings. The molecular weight excluding hydrogens is 212 g/mol. The molecule has 0 amide bonds. The lowest BCUT2D eigenvalue weighted by Gasteiger charge is -2.37. The number of nitrogens with zero attached hydrogens (tertiary/aromatic N) is 1. The van der Waals surface area contributed by atoms with Crippen molar-refractivity contribution in [2.24, 2.45) is 11.8 Å². The molecule has 1 N–H and O–H groups in total. The van der Waals surface area contributed by atoms with E-state index in [2.05, 4.69) is 38.2 Å². The van der Waals surface area contributed by atoms with Crippen LogP contribution in [0.5, 0.6) is 0 Å². The summed E-state index contributed by atoms with van der Waals surface area (Å²) < 4.78 is 5.33. The standard InChI is InChI=1S/C14H30N2O/c1-11-6-7-14(15-3)13(8-11)10-16(4)9-12(2)17-5/h11-15H,6-10H2,1-5H3. The molecule has 4 unspecified atom stereocenters. The Morgan fingerprint density at radius 2 is 2.12 bits per heavy atom. The minimum absolute atomic E-state index is 0.328. The van der Waals surface area contributed by atoms with Gasteiger partial charge in [-0.1, -0.05) is 6.92 Å². The molecule has 0 aromatic carbocycles. The maximum Gasteiger partial charge on any atom is 0.0669 e. The fraction of sp³-hybridized carbons (Fsp3) is 1.00. The minimum atomic E-state index is 0.328. The van der Waals surface area contributed by atoms with Gasteiger partial charge in [0.1, 0.15) is 0 Å². The number of nitrogens with one attached hydrogen (secondary N) is 1. The Labute approximate surface area is 107 Å². The van der Waals surface area contributed by atoms with E-state index in [0.717, 1.165) is 18.4 Å². The summed E-state index contributed by atoms with van der Waals surface area (Å²) in [7, 11) is 6.10. The normalized spacial score (nSPS) is 31.8. The van der Waals surface area contributed by atoms with Gasteiger partial charge in [0.15, 0.2) is 0 Å². The lowest BCUT2D eigenvalue weighted by molar-refractivity contribution is 0.0720.